The van der Waals surface area contributed by atoms with E-state index in [1.165, 1.54) is 0 Å². The topological polar surface area (TPSA) is 30.0 Å². The maximum absolute atomic E-state index is 10.3. The van der Waals surface area contributed by atoms with Gasteiger partial charge in [-0.15, -0.1) is 6.58 Å². The van der Waals surface area contributed by atoms with Gasteiger partial charge in [-0.1, -0.05) is 12.1 Å². The lowest BCUT2D eigenvalue weighted by Crippen LogP contribution is -1.91. The standard InChI is InChI=1S/C9H9NO/c1-2-4-8-5-3-6-9(7-11)10-8/h2-3,5-7H,1,4H2. The van der Waals surface area contributed by atoms with Crippen LogP contribution in [0.3, 0.4) is 0 Å². The van der Waals surface area contributed by atoms with Gasteiger partial charge in [0.25, 0.3) is 0 Å². The van der Waals surface area contributed by atoms with Crippen LogP contribution in [0.1, 0.15) is 16.2 Å². The third kappa shape index (κ3) is 2.00. The quantitative estimate of drug-likeness (QED) is 0.480. The van der Waals surface area contributed by atoms with E-state index in [0.717, 1.165) is 12.0 Å². The number of carbonyl (C=O) groups is 1. The molecule has 0 unspecified atom stereocenters. The minimum atomic E-state index is 0.476. The third-order valence-electron chi connectivity index (χ3n) is 1.30. The average Bonchev–Trinajstić information content (AvgIpc) is 2.06. The number of aldehydes is 1. The van der Waals surface area contributed by atoms with E-state index in [4.69, 9.17) is 0 Å². The molecule has 0 aliphatic heterocycles. The molecule has 0 aromatic carbocycles. The highest BCUT2D eigenvalue weighted by atomic mass is 16.1. The zero-order valence-electron chi connectivity index (χ0n) is 6.16. The van der Waals surface area contributed by atoms with Crippen molar-refractivity contribution in [1.82, 2.24) is 4.98 Å². The Hall–Kier alpha value is -1.44. The molecule has 1 aromatic heterocycles. The fourth-order valence-electron chi connectivity index (χ4n) is 0.825. The second kappa shape index (κ2) is 3.66. The van der Waals surface area contributed by atoms with Gasteiger partial charge < -0.3 is 0 Å². The molecule has 1 heterocycles. The lowest BCUT2D eigenvalue weighted by molar-refractivity contribution is 0.111. The van der Waals surface area contributed by atoms with Crippen molar-refractivity contribution in [1.29, 1.82) is 0 Å². The Morgan fingerprint density at radius 1 is 1.55 bits per heavy atom. The van der Waals surface area contributed by atoms with Crippen LogP contribution in [-0.2, 0) is 6.42 Å². The van der Waals surface area contributed by atoms with Crippen LogP contribution < -0.4 is 0 Å². The van der Waals surface area contributed by atoms with Crippen LogP contribution in [-0.4, -0.2) is 11.3 Å². The minimum absolute atomic E-state index is 0.476. The molecule has 0 aliphatic rings. The van der Waals surface area contributed by atoms with Gasteiger partial charge in [0.05, 0.1) is 0 Å². The van der Waals surface area contributed by atoms with Crippen molar-refractivity contribution in [2.24, 2.45) is 0 Å². The van der Waals surface area contributed by atoms with Gasteiger partial charge >= 0.3 is 0 Å². The van der Waals surface area contributed by atoms with Gasteiger partial charge in [0.2, 0.25) is 0 Å². The zero-order chi connectivity index (χ0) is 8.10. The molecule has 0 fully saturated rings. The van der Waals surface area contributed by atoms with Crippen LogP contribution >= 0.6 is 0 Å². The number of hydrogen-bond acceptors (Lipinski definition) is 2. The minimum Gasteiger partial charge on any atom is -0.296 e. The molecule has 1 aromatic rings. The average molecular weight is 147 g/mol. The first-order chi connectivity index (χ1) is 5.36. The normalized spacial score (nSPS) is 9.09. The Morgan fingerprint density at radius 2 is 2.36 bits per heavy atom. The highest BCUT2D eigenvalue weighted by Crippen LogP contribution is 1.98. The molecule has 2 heteroatoms. The fourth-order valence-corrected chi connectivity index (χ4v) is 0.825. The molecular weight excluding hydrogens is 138 g/mol. The Balaban J connectivity index is 2.90. The fraction of sp³-hybridized carbons (Fsp3) is 0.111. The predicted molar refractivity (Wildman–Crippen MR) is 43.5 cm³/mol. The van der Waals surface area contributed by atoms with Crippen molar-refractivity contribution in [3.63, 3.8) is 0 Å². The van der Waals surface area contributed by atoms with Crippen LogP contribution in [0.2, 0.25) is 0 Å². The molecular formula is C9H9NO. The second-order valence-electron chi connectivity index (χ2n) is 2.16. The van der Waals surface area contributed by atoms with Gasteiger partial charge in [-0.25, -0.2) is 4.98 Å². The zero-order valence-corrected chi connectivity index (χ0v) is 6.16. The molecule has 2 nitrogen and oxygen atoms in total. The number of hydrogen-bond donors (Lipinski definition) is 0. The van der Waals surface area contributed by atoms with Crippen molar-refractivity contribution in [2.45, 2.75) is 6.42 Å². The van der Waals surface area contributed by atoms with Gasteiger partial charge in [-0.05, 0) is 12.1 Å². The van der Waals surface area contributed by atoms with Crippen LogP contribution in [0.15, 0.2) is 30.9 Å². The SMILES string of the molecule is C=CCc1cccc(C=O)n1. The van der Waals surface area contributed by atoms with Gasteiger partial charge in [-0.2, -0.15) is 0 Å². The molecule has 0 spiro atoms. The first kappa shape index (κ1) is 7.66. The van der Waals surface area contributed by atoms with Crippen molar-refractivity contribution in [3.05, 3.63) is 42.2 Å². The van der Waals surface area contributed by atoms with Crippen LogP contribution in [0.25, 0.3) is 0 Å². The molecule has 0 saturated carbocycles. The van der Waals surface area contributed by atoms with E-state index in [1.54, 1.807) is 12.1 Å². The summed E-state index contributed by atoms with van der Waals surface area (Å²) in [6, 6.07) is 5.36. The summed E-state index contributed by atoms with van der Waals surface area (Å²) in [7, 11) is 0. The van der Waals surface area contributed by atoms with Gasteiger partial charge in [0, 0.05) is 12.1 Å². The first-order valence-corrected chi connectivity index (χ1v) is 3.39. The smallest absolute Gasteiger partial charge is 0.168 e. The summed E-state index contributed by atoms with van der Waals surface area (Å²) in [4.78, 5) is 14.3. The van der Waals surface area contributed by atoms with Crippen LogP contribution in [0.5, 0.6) is 0 Å². The molecule has 0 atom stereocenters. The summed E-state index contributed by atoms with van der Waals surface area (Å²) < 4.78 is 0. The Morgan fingerprint density at radius 3 is 3.00 bits per heavy atom. The molecule has 56 valence electrons. The Bertz CT molecular complexity index is 268. The number of rotatable bonds is 3. The van der Waals surface area contributed by atoms with E-state index < -0.39 is 0 Å². The lowest BCUT2D eigenvalue weighted by Gasteiger charge is -1.94. The summed E-state index contributed by atoms with van der Waals surface area (Å²) in [5.74, 6) is 0. The molecule has 0 bridgehead atoms. The molecule has 0 amide bonds. The third-order valence-corrected chi connectivity index (χ3v) is 1.30. The summed E-state index contributed by atoms with van der Waals surface area (Å²) in [6.45, 7) is 3.58. The Labute approximate surface area is 65.6 Å². The number of nitrogens with zero attached hydrogens (tertiary/aromatic N) is 1. The number of aromatic nitrogens is 1. The molecule has 11 heavy (non-hydrogen) atoms. The predicted octanol–water partition coefficient (Wildman–Crippen LogP) is 1.62. The van der Waals surface area contributed by atoms with Crippen molar-refractivity contribution in [3.8, 4) is 0 Å². The second-order valence-corrected chi connectivity index (χ2v) is 2.16. The van der Waals surface area contributed by atoms with Crippen LogP contribution in [0, 0.1) is 0 Å². The maximum Gasteiger partial charge on any atom is 0.168 e. The van der Waals surface area contributed by atoms with E-state index in [-0.39, 0.29) is 0 Å². The van der Waals surface area contributed by atoms with Crippen molar-refractivity contribution >= 4 is 6.29 Å². The maximum atomic E-state index is 10.3. The highest BCUT2D eigenvalue weighted by molar-refractivity contribution is 5.71. The van der Waals surface area contributed by atoms with E-state index in [0.29, 0.717) is 12.1 Å². The molecule has 0 aliphatic carbocycles. The molecule has 0 radical (unpaired) electrons. The van der Waals surface area contributed by atoms with Gasteiger partial charge in [0.15, 0.2) is 6.29 Å². The molecule has 0 N–H and O–H groups in total. The van der Waals surface area contributed by atoms with E-state index in [9.17, 15) is 4.79 Å². The largest absolute Gasteiger partial charge is 0.296 e. The summed E-state index contributed by atoms with van der Waals surface area (Å²) in [6.07, 6.45) is 3.21. The summed E-state index contributed by atoms with van der Waals surface area (Å²) in [5, 5.41) is 0. The number of allylic oxidation sites excluding steroid dienone is 1. The monoisotopic (exact) mass is 147 g/mol. The van der Waals surface area contributed by atoms with E-state index in [1.807, 2.05) is 12.1 Å². The van der Waals surface area contributed by atoms with E-state index >= 15 is 0 Å². The molecule has 1 rings (SSSR count). The Kier molecular flexibility index (Phi) is 2.55. The van der Waals surface area contributed by atoms with Crippen molar-refractivity contribution in [2.75, 3.05) is 0 Å². The van der Waals surface area contributed by atoms with Crippen molar-refractivity contribution < 1.29 is 4.79 Å². The lowest BCUT2D eigenvalue weighted by atomic mass is 10.2. The summed E-state index contributed by atoms with van der Waals surface area (Å²) in [5.41, 5.74) is 1.36. The summed E-state index contributed by atoms with van der Waals surface area (Å²) >= 11 is 0. The molecule has 0 saturated heterocycles. The first-order valence-electron chi connectivity index (χ1n) is 3.39. The number of carbonyl (C=O) groups excluding carboxylic acids is 1. The van der Waals surface area contributed by atoms with Gasteiger partial charge in [-0.3, -0.25) is 4.79 Å². The van der Waals surface area contributed by atoms with Crippen LogP contribution in [0.4, 0.5) is 0 Å². The highest BCUT2D eigenvalue weighted by Gasteiger charge is 1.92. The van der Waals surface area contributed by atoms with E-state index in [2.05, 4.69) is 11.6 Å². The number of pyridine rings is 1. The van der Waals surface area contributed by atoms with Gasteiger partial charge in [0.1, 0.15) is 5.69 Å².